The van der Waals surface area contributed by atoms with Gasteiger partial charge in [-0.05, 0) is 30.7 Å². The van der Waals surface area contributed by atoms with Crippen LogP contribution in [0.15, 0.2) is 18.3 Å². The number of hydrogen-bond donors (Lipinski definition) is 1. The van der Waals surface area contributed by atoms with Gasteiger partial charge in [0.15, 0.2) is 0 Å². The first kappa shape index (κ1) is 12.2. The average Bonchev–Trinajstić information content (AvgIpc) is 2.89. The standard InChI is InChI=1S/C12H16N2O2S/c1-16-12(15)9-4-5-13-11(7-9)14-8-10-3-2-6-17-10/h4-5,7,10H,2-3,6,8H2,1H3,(H,13,14). The van der Waals surface area contributed by atoms with Crippen molar-refractivity contribution in [1.29, 1.82) is 0 Å². The summed E-state index contributed by atoms with van der Waals surface area (Å²) in [5.74, 6) is 1.66. The monoisotopic (exact) mass is 252 g/mol. The van der Waals surface area contributed by atoms with Crippen LogP contribution in [0, 0.1) is 0 Å². The number of rotatable bonds is 4. The van der Waals surface area contributed by atoms with E-state index in [0.717, 1.165) is 12.4 Å². The molecule has 0 radical (unpaired) electrons. The number of ether oxygens (including phenoxy) is 1. The molecule has 5 heteroatoms. The van der Waals surface area contributed by atoms with Crippen molar-refractivity contribution in [3.05, 3.63) is 23.9 Å². The van der Waals surface area contributed by atoms with Gasteiger partial charge in [-0.3, -0.25) is 0 Å². The van der Waals surface area contributed by atoms with Crippen molar-refractivity contribution in [2.75, 3.05) is 24.7 Å². The van der Waals surface area contributed by atoms with E-state index in [-0.39, 0.29) is 5.97 Å². The molecule has 17 heavy (non-hydrogen) atoms. The highest BCUT2D eigenvalue weighted by atomic mass is 32.2. The molecule has 1 fully saturated rings. The molecule has 2 heterocycles. The number of pyridine rings is 1. The summed E-state index contributed by atoms with van der Waals surface area (Å²) in [6, 6.07) is 3.38. The Morgan fingerprint density at radius 3 is 3.29 bits per heavy atom. The predicted molar refractivity (Wildman–Crippen MR) is 69.5 cm³/mol. The Bertz CT molecular complexity index is 392. The van der Waals surface area contributed by atoms with Gasteiger partial charge in [0.1, 0.15) is 5.82 Å². The Morgan fingerprint density at radius 1 is 1.71 bits per heavy atom. The quantitative estimate of drug-likeness (QED) is 0.832. The molecule has 0 spiro atoms. The summed E-state index contributed by atoms with van der Waals surface area (Å²) in [5, 5.41) is 3.93. The predicted octanol–water partition coefficient (Wildman–Crippen LogP) is 2.18. The molecule has 0 saturated carbocycles. The van der Waals surface area contributed by atoms with E-state index in [2.05, 4.69) is 15.0 Å². The molecule has 1 aromatic rings. The second-order valence-electron chi connectivity index (χ2n) is 3.94. The first-order chi connectivity index (χ1) is 8.29. The number of methoxy groups -OCH3 is 1. The van der Waals surface area contributed by atoms with Crippen LogP contribution >= 0.6 is 11.8 Å². The Labute approximate surface area is 105 Å². The van der Waals surface area contributed by atoms with Gasteiger partial charge < -0.3 is 10.1 Å². The first-order valence-corrected chi connectivity index (χ1v) is 6.74. The third-order valence-corrected chi connectivity index (χ3v) is 4.11. The van der Waals surface area contributed by atoms with E-state index in [4.69, 9.17) is 0 Å². The maximum absolute atomic E-state index is 11.3. The van der Waals surface area contributed by atoms with Gasteiger partial charge >= 0.3 is 5.97 Å². The SMILES string of the molecule is COC(=O)c1ccnc(NCC2CCCS2)c1. The first-order valence-electron chi connectivity index (χ1n) is 5.69. The molecule has 2 rings (SSSR count). The topological polar surface area (TPSA) is 51.2 Å². The maximum atomic E-state index is 11.3. The van der Waals surface area contributed by atoms with E-state index >= 15 is 0 Å². The van der Waals surface area contributed by atoms with Crippen molar-refractivity contribution >= 4 is 23.5 Å². The number of hydrogen-bond acceptors (Lipinski definition) is 5. The molecule has 0 aliphatic carbocycles. The number of carbonyl (C=O) groups excluding carboxylic acids is 1. The molecule has 0 aromatic carbocycles. The third-order valence-electron chi connectivity index (χ3n) is 2.72. The van der Waals surface area contributed by atoms with E-state index in [0.29, 0.717) is 10.8 Å². The lowest BCUT2D eigenvalue weighted by atomic mass is 10.2. The minimum Gasteiger partial charge on any atom is -0.465 e. The second kappa shape index (κ2) is 5.91. The number of nitrogens with one attached hydrogen (secondary N) is 1. The summed E-state index contributed by atoms with van der Waals surface area (Å²) < 4.78 is 4.67. The average molecular weight is 252 g/mol. The van der Waals surface area contributed by atoms with Gasteiger partial charge in [0, 0.05) is 18.0 Å². The lowest BCUT2D eigenvalue weighted by Crippen LogP contribution is -2.14. The van der Waals surface area contributed by atoms with Crippen LogP contribution in [0.2, 0.25) is 0 Å². The molecule has 1 aliphatic heterocycles. The van der Waals surface area contributed by atoms with Crippen molar-refractivity contribution in [3.63, 3.8) is 0 Å². The minimum atomic E-state index is -0.328. The molecule has 1 aliphatic rings. The minimum absolute atomic E-state index is 0.328. The largest absolute Gasteiger partial charge is 0.465 e. The van der Waals surface area contributed by atoms with Crippen molar-refractivity contribution in [3.8, 4) is 0 Å². The van der Waals surface area contributed by atoms with E-state index in [1.807, 2.05) is 11.8 Å². The Hall–Kier alpha value is -1.23. The summed E-state index contributed by atoms with van der Waals surface area (Å²) in [5.41, 5.74) is 0.532. The van der Waals surface area contributed by atoms with E-state index in [1.165, 1.54) is 25.7 Å². The molecule has 1 unspecified atom stereocenters. The van der Waals surface area contributed by atoms with Gasteiger partial charge in [-0.15, -0.1) is 0 Å². The smallest absolute Gasteiger partial charge is 0.338 e. The van der Waals surface area contributed by atoms with Crippen molar-refractivity contribution in [2.45, 2.75) is 18.1 Å². The maximum Gasteiger partial charge on any atom is 0.338 e. The zero-order valence-corrected chi connectivity index (χ0v) is 10.6. The molecule has 1 aromatic heterocycles. The van der Waals surface area contributed by atoms with Crippen LogP contribution in [-0.4, -0.2) is 35.6 Å². The fourth-order valence-electron chi connectivity index (χ4n) is 1.80. The van der Waals surface area contributed by atoms with Gasteiger partial charge in [0.05, 0.1) is 12.7 Å². The van der Waals surface area contributed by atoms with E-state index in [1.54, 1.807) is 18.3 Å². The number of esters is 1. The van der Waals surface area contributed by atoms with Crippen LogP contribution < -0.4 is 5.32 Å². The van der Waals surface area contributed by atoms with Gasteiger partial charge in [-0.2, -0.15) is 11.8 Å². The van der Waals surface area contributed by atoms with Crippen molar-refractivity contribution in [2.24, 2.45) is 0 Å². The van der Waals surface area contributed by atoms with Crippen LogP contribution in [0.3, 0.4) is 0 Å². The van der Waals surface area contributed by atoms with Crippen molar-refractivity contribution < 1.29 is 9.53 Å². The molecule has 4 nitrogen and oxygen atoms in total. The zero-order chi connectivity index (χ0) is 12.1. The van der Waals surface area contributed by atoms with Gasteiger partial charge in [-0.1, -0.05) is 0 Å². The molecule has 0 bridgehead atoms. The summed E-state index contributed by atoms with van der Waals surface area (Å²) >= 11 is 1.99. The summed E-state index contributed by atoms with van der Waals surface area (Å²) in [6.07, 6.45) is 4.18. The van der Waals surface area contributed by atoms with Crippen LogP contribution in [0.5, 0.6) is 0 Å². The number of aromatic nitrogens is 1. The highest BCUT2D eigenvalue weighted by Gasteiger charge is 2.15. The van der Waals surface area contributed by atoms with Crippen LogP contribution in [0.25, 0.3) is 0 Å². The molecule has 0 amide bonds. The lowest BCUT2D eigenvalue weighted by molar-refractivity contribution is 0.0600. The number of anilines is 1. The third kappa shape index (κ3) is 3.36. The summed E-state index contributed by atoms with van der Waals surface area (Å²) in [6.45, 7) is 0.905. The van der Waals surface area contributed by atoms with Gasteiger partial charge in [-0.25, -0.2) is 9.78 Å². The fourth-order valence-corrected chi connectivity index (χ4v) is 3.00. The molecule has 1 atom stereocenters. The Kier molecular flexibility index (Phi) is 4.25. The van der Waals surface area contributed by atoms with Crippen LogP contribution in [0.4, 0.5) is 5.82 Å². The lowest BCUT2D eigenvalue weighted by Gasteiger charge is -2.10. The van der Waals surface area contributed by atoms with Gasteiger partial charge in [0.2, 0.25) is 0 Å². The Balaban J connectivity index is 1.93. The summed E-state index contributed by atoms with van der Waals surface area (Å²) in [7, 11) is 1.38. The zero-order valence-electron chi connectivity index (χ0n) is 9.81. The second-order valence-corrected chi connectivity index (χ2v) is 5.35. The molecule has 92 valence electrons. The number of nitrogens with zero attached hydrogens (tertiary/aromatic N) is 1. The highest BCUT2D eigenvalue weighted by molar-refractivity contribution is 8.00. The highest BCUT2D eigenvalue weighted by Crippen LogP contribution is 2.26. The summed E-state index contributed by atoms with van der Waals surface area (Å²) in [4.78, 5) is 15.5. The fraction of sp³-hybridized carbons (Fsp3) is 0.500. The van der Waals surface area contributed by atoms with E-state index < -0.39 is 0 Å². The van der Waals surface area contributed by atoms with E-state index in [9.17, 15) is 4.79 Å². The molecule has 1 N–H and O–H groups in total. The number of carbonyl (C=O) groups is 1. The number of thioether (sulfide) groups is 1. The molecule has 1 saturated heterocycles. The normalized spacial score (nSPS) is 19.0. The molecular formula is C12H16N2O2S. The molecular weight excluding hydrogens is 236 g/mol. The van der Waals surface area contributed by atoms with Crippen LogP contribution in [-0.2, 0) is 4.74 Å². The van der Waals surface area contributed by atoms with Crippen LogP contribution in [0.1, 0.15) is 23.2 Å². The van der Waals surface area contributed by atoms with Crippen molar-refractivity contribution in [1.82, 2.24) is 4.98 Å². The Morgan fingerprint density at radius 2 is 2.59 bits per heavy atom. The van der Waals surface area contributed by atoms with Gasteiger partial charge in [0.25, 0.3) is 0 Å².